The van der Waals surface area contributed by atoms with Gasteiger partial charge in [0.25, 0.3) is 5.91 Å². The Bertz CT molecular complexity index is 785. The number of carbonyl (C=O) groups excluding carboxylic acids is 2. The standard InChI is InChI=1S/C17H19BrN4O2/c1-2-14(23)20-12-6-3-5-11(9-12)10-19-17(24)15-16(18)21-13-7-4-8-22(13)15/h3,5-6,9H,2,4,7-8,10H2,1H3,(H,19,24)(H,20,23). The van der Waals surface area contributed by atoms with E-state index in [2.05, 4.69) is 31.5 Å². The number of carbonyl (C=O) groups is 2. The van der Waals surface area contributed by atoms with Gasteiger partial charge in [0.2, 0.25) is 5.91 Å². The number of aromatic nitrogens is 2. The van der Waals surface area contributed by atoms with Crippen LogP contribution in [0.1, 0.15) is 41.6 Å². The summed E-state index contributed by atoms with van der Waals surface area (Å²) in [7, 11) is 0. The third-order valence-corrected chi connectivity index (χ3v) is 4.54. The van der Waals surface area contributed by atoms with Gasteiger partial charge in [-0.15, -0.1) is 0 Å². The molecule has 2 amide bonds. The molecule has 126 valence electrons. The first-order valence-electron chi connectivity index (χ1n) is 8.00. The number of fused-ring (bicyclic) bond motifs is 1. The van der Waals surface area contributed by atoms with Crippen LogP contribution in [0.3, 0.4) is 0 Å². The number of rotatable bonds is 5. The summed E-state index contributed by atoms with van der Waals surface area (Å²) in [6, 6.07) is 7.47. The van der Waals surface area contributed by atoms with Crippen LogP contribution >= 0.6 is 15.9 Å². The molecule has 7 heteroatoms. The normalized spacial score (nSPS) is 12.8. The number of anilines is 1. The van der Waals surface area contributed by atoms with E-state index < -0.39 is 0 Å². The minimum atomic E-state index is -0.148. The van der Waals surface area contributed by atoms with Gasteiger partial charge in [0, 0.05) is 31.6 Å². The third-order valence-electron chi connectivity index (χ3n) is 3.99. The van der Waals surface area contributed by atoms with Gasteiger partial charge in [0.1, 0.15) is 16.1 Å². The van der Waals surface area contributed by atoms with Gasteiger partial charge in [-0.25, -0.2) is 4.98 Å². The highest BCUT2D eigenvalue weighted by molar-refractivity contribution is 9.10. The van der Waals surface area contributed by atoms with Gasteiger partial charge >= 0.3 is 0 Å². The zero-order valence-electron chi connectivity index (χ0n) is 13.4. The van der Waals surface area contributed by atoms with Gasteiger partial charge in [-0.3, -0.25) is 9.59 Å². The van der Waals surface area contributed by atoms with Crippen LogP contribution in [0.15, 0.2) is 28.9 Å². The molecular weight excluding hydrogens is 372 g/mol. The van der Waals surface area contributed by atoms with Crippen LogP contribution in [0.2, 0.25) is 0 Å². The first kappa shape index (κ1) is 16.7. The first-order chi connectivity index (χ1) is 11.6. The molecule has 0 fully saturated rings. The lowest BCUT2D eigenvalue weighted by Crippen LogP contribution is -2.25. The number of amides is 2. The molecule has 0 radical (unpaired) electrons. The van der Waals surface area contributed by atoms with Crippen molar-refractivity contribution in [1.82, 2.24) is 14.9 Å². The molecule has 1 aromatic heterocycles. The summed E-state index contributed by atoms with van der Waals surface area (Å²) >= 11 is 3.38. The Hall–Kier alpha value is -2.15. The fourth-order valence-electron chi connectivity index (χ4n) is 2.78. The molecule has 0 saturated carbocycles. The Kier molecular flexibility index (Phi) is 4.99. The lowest BCUT2D eigenvalue weighted by Gasteiger charge is -2.09. The van der Waals surface area contributed by atoms with E-state index in [4.69, 9.17) is 0 Å². The van der Waals surface area contributed by atoms with Crippen LogP contribution in [0, 0.1) is 0 Å². The maximum Gasteiger partial charge on any atom is 0.271 e. The second-order valence-electron chi connectivity index (χ2n) is 5.71. The molecule has 0 spiro atoms. The van der Waals surface area contributed by atoms with Gasteiger partial charge in [-0.2, -0.15) is 0 Å². The summed E-state index contributed by atoms with van der Waals surface area (Å²) in [6.07, 6.45) is 2.36. The Morgan fingerprint density at radius 1 is 1.38 bits per heavy atom. The van der Waals surface area contributed by atoms with Gasteiger partial charge in [0.15, 0.2) is 0 Å². The largest absolute Gasteiger partial charge is 0.347 e. The SMILES string of the molecule is CCC(=O)Nc1cccc(CNC(=O)c2c(Br)nc3n2CCC3)c1. The molecule has 24 heavy (non-hydrogen) atoms. The minimum absolute atomic E-state index is 0.0325. The Morgan fingerprint density at radius 3 is 3.00 bits per heavy atom. The summed E-state index contributed by atoms with van der Waals surface area (Å²) in [5.74, 6) is 0.775. The van der Waals surface area contributed by atoms with Gasteiger partial charge in [-0.1, -0.05) is 19.1 Å². The molecule has 0 unspecified atom stereocenters. The van der Waals surface area contributed by atoms with Gasteiger partial charge in [-0.05, 0) is 40.0 Å². The van der Waals surface area contributed by atoms with E-state index in [1.165, 1.54) is 0 Å². The maximum atomic E-state index is 12.5. The summed E-state index contributed by atoms with van der Waals surface area (Å²) in [4.78, 5) is 28.4. The van der Waals surface area contributed by atoms with Gasteiger partial charge < -0.3 is 15.2 Å². The van der Waals surface area contributed by atoms with Crippen molar-refractivity contribution in [3.05, 3.63) is 46.0 Å². The molecule has 1 aliphatic rings. The smallest absolute Gasteiger partial charge is 0.271 e. The van der Waals surface area contributed by atoms with Crippen LogP contribution in [-0.2, 0) is 24.3 Å². The van der Waals surface area contributed by atoms with Crippen molar-refractivity contribution in [2.75, 3.05) is 5.32 Å². The molecule has 0 aliphatic carbocycles. The number of imidazole rings is 1. The predicted octanol–water partition coefficient (Wildman–Crippen LogP) is 2.87. The predicted molar refractivity (Wildman–Crippen MR) is 94.8 cm³/mol. The quantitative estimate of drug-likeness (QED) is 0.823. The highest BCUT2D eigenvalue weighted by atomic mass is 79.9. The Morgan fingerprint density at radius 2 is 2.21 bits per heavy atom. The maximum absolute atomic E-state index is 12.5. The van der Waals surface area contributed by atoms with E-state index in [1.807, 2.05) is 28.8 Å². The van der Waals surface area contributed by atoms with E-state index >= 15 is 0 Å². The molecule has 1 aliphatic heterocycles. The minimum Gasteiger partial charge on any atom is -0.347 e. The summed E-state index contributed by atoms with van der Waals surface area (Å²) in [5.41, 5.74) is 2.24. The van der Waals surface area contributed by atoms with E-state index in [0.29, 0.717) is 23.3 Å². The molecule has 0 bridgehead atoms. The van der Waals surface area contributed by atoms with Crippen molar-refractivity contribution >= 4 is 33.4 Å². The third kappa shape index (κ3) is 3.51. The van der Waals surface area contributed by atoms with Crippen LogP contribution in [0.4, 0.5) is 5.69 Å². The molecule has 6 nitrogen and oxygen atoms in total. The average molecular weight is 391 g/mol. The van der Waals surface area contributed by atoms with Crippen molar-refractivity contribution in [2.24, 2.45) is 0 Å². The molecular formula is C17H19BrN4O2. The summed E-state index contributed by atoms with van der Waals surface area (Å²) in [6.45, 7) is 3.03. The highest BCUT2D eigenvalue weighted by Crippen LogP contribution is 2.24. The summed E-state index contributed by atoms with van der Waals surface area (Å²) < 4.78 is 2.57. The number of hydrogen-bond donors (Lipinski definition) is 2. The molecule has 3 rings (SSSR count). The van der Waals surface area contributed by atoms with E-state index in [-0.39, 0.29) is 11.8 Å². The number of aryl methyl sites for hydroxylation is 1. The van der Waals surface area contributed by atoms with Crippen LogP contribution in [0.5, 0.6) is 0 Å². The van der Waals surface area contributed by atoms with Gasteiger partial charge in [0.05, 0.1) is 0 Å². The van der Waals surface area contributed by atoms with E-state index in [9.17, 15) is 9.59 Å². The van der Waals surface area contributed by atoms with Crippen LogP contribution < -0.4 is 10.6 Å². The summed E-state index contributed by atoms with van der Waals surface area (Å²) in [5, 5.41) is 5.74. The van der Waals surface area contributed by atoms with E-state index in [1.54, 1.807) is 6.92 Å². The molecule has 1 aromatic carbocycles. The lowest BCUT2D eigenvalue weighted by atomic mass is 10.2. The second kappa shape index (κ2) is 7.17. The molecule has 2 heterocycles. The van der Waals surface area contributed by atoms with Crippen molar-refractivity contribution in [3.8, 4) is 0 Å². The topological polar surface area (TPSA) is 76.0 Å². The lowest BCUT2D eigenvalue weighted by molar-refractivity contribution is -0.115. The van der Waals surface area contributed by atoms with E-state index in [0.717, 1.165) is 36.5 Å². The first-order valence-corrected chi connectivity index (χ1v) is 8.79. The fourth-order valence-corrected chi connectivity index (χ4v) is 3.38. The second-order valence-corrected chi connectivity index (χ2v) is 6.46. The zero-order chi connectivity index (χ0) is 17.1. The average Bonchev–Trinajstić information content (AvgIpc) is 3.12. The number of nitrogens with one attached hydrogen (secondary N) is 2. The van der Waals surface area contributed by atoms with Crippen LogP contribution in [-0.4, -0.2) is 21.4 Å². The van der Waals surface area contributed by atoms with Crippen LogP contribution in [0.25, 0.3) is 0 Å². The van der Waals surface area contributed by atoms with Crippen molar-refractivity contribution in [2.45, 2.75) is 39.3 Å². The van der Waals surface area contributed by atoms with Crippen molar-refractivity contribution in [1.29, 1.82) is 0 Å². The number of benzene rings is 1. The Balaban J connectivity index is 1.67. The molecule has 2 aromatic rings. The number of halogens is 1. The zero-order valence-corrected chi connectivity index (χ0v) is 15.0. The number of nitrogens with zero attached hydrogens (tertiary/aromatic N) is 2. The molecule has 2 N–H and O–H groups in total. The molecule has 0 saturated heterocycles. The fraction of sp³-hybridized carbons (Fsp3) is 0.353. The van der Waals surface area contributed by atoms with Crippen molar-refractivity contribution in [3.63, 3.8) is 0 Å². The van der Waals surface area contributed by atoms with Crippen molar-refractivity contribution < 1.29 is 9.59 Å². The Labute approximate surface area is 148 Å². The molecule has 0 atom stereocenters. The highest BCUT2D eigenvalue weighted by Gasteiger charge is 2.24. The number of hydrogen-bond acceptors (Lipinski definition) is 3. The monoisotopic (exact) mass is 390 g/mol.